The van der Waals surface area contributed by atoms with Gasteiger partial charge in [0, 0.05) is 35.9 Å². The lowest BCUT2D eigenvalue weighted by molar-refractivity contribution is -0.117. The van der Waals surface area contributed by atoms with Gasteiger partial charge in [-0.25, -0.2) is 17.8 Å². The van der Waals surface area contributed by atoms with Crippen LogP contribution in [0.25, 0.3) is 10.6 Å². The average molecular weight is 483 g/mol. The Morgan fingerprint density at radius 2 is 2.12 bits per heavy atom. The van der Waals surface area contributed by atoms with Crippen LogP contribution in [-0.4, -0.2) is 43.3 Å². The maximum absolute atomic E-state index is 13.3. The van der Waals surface area contributed by atoms with Gasteiger partial charge in [0.1, 0.15) is 25.7 Å². The number of aromatic nitrogens is 2. The second-order valence-corrected chi connectivity index (χ2v) is 9.13. The van der Waals surface area contributed by atoms with Crippen LogP contribution in [0.3, 0.4) is 0 Å². The van der Waals surface area contributed by atoms with E-state index in [0.29, 0.717) is 25.7 Å². The molecule has 2 aromatic heterocycles. The number of rotatable bonds is 6. The summed E-state index contributed by atoms with van der Waals surface area (Å²) in [5, 5.41) is 1.19. The molecule has 0 aliphatic heterocycles. The van der Waals surface area contributed by atoms with E-state index in [1.165, 1.54) is 28.5 Å². The lowest BCUT2D eigenvalue weighted by Crippen LogP contribution is -2.28. The molecule has 0 saturated carbocycles. The van der Waals surface area contributed by atoms with Gasteiger partial charge in [0.15, 0.2) is 0 Å². The zero-order valence-electron chi connectivity index (χ0n) is 13.0. The van der Waals surface area contributed by atoms with Gasteiger partial charge in [-0.2, -0.15) is 0 Å². The molecule has 0 unspecified atom stereocenters. The highest BCUT2D eigenvalue weighted by Gasteiger charge is 2.21. The molecule has 0 aliphatic carbocycles. The molecule has 0 saturated heterocycles. The summed E-state index contributed by atoms with van der Waals surface area (Å²) in [6, 6.07) is 1.33. The van der Waals surface area contributed by atoms with Crippen molar-refractivity contribution in [3.63, 3.8) is 0 Å². The van der Waals surface area contributed by atoms with E-state index in [2.05, 4.69) is 32.6 Å². The molecular formula is C14H15FIN3O3S2. The van der Waals surface area contributed by atoms with Gasteiger partial charge in [-0.15, -0.1) is 0 Å². The first-order chi connectivity index (χ1) is 11.2. The zero-order chi connectivity index (χ0) is 17.9. The van der Waals surface area contributed by atoms with Gasteiger partial charge in [0.05, 0.1) is 17.6 Å². The number of amides is 1. The Morgan fingerprint density at radius 3 is 2.71 bits per heavy atom. The number of sulfone groups is 1. The SMILES string of the molecule is CN(C(=O)CCS(C)(=O)=O)c1sc(-c2cncc(F)c2)nc1CI. The number of halogens is 2. The summed E-state index contributed by atoms with van der Waals surface area (Å²) in [4.78, 5) is 21.9. The Labute approximate surface area is 157 Å². The van der Waals surface area contributed by atoms with Gasteiger partial charge in [-0.3, -0.25) is 9.78 Å². The van der Waals surface area contributed by atoms with Crippen molar-refractivity contribution in [2.45, 2.75) is 10.8 Å². The maximum Gasteiger partial charge on any atom is 0.228 e. The number of hydrogen-bond donors (Lipinski definition) is 0. The van der Waals surface area contributed by atoms with E-state index >= 15 is 0 Å². The molecule has 0 atom stereocenters. The van der Waals surface area contributed by atoms with E-state index in [1.807, 2.05) is 0 Å². The topological polar surface area (TPSA) is 80.2 Å². The smallest absolute Gasteiger partial charge is 0.228 e. The number of anilines is 1. The molecule has 1 amide bonds. The minimum atomic E-state index is -3.20. The number of nitrogens with zero attached hydrogens (tertiary/aromatic N) is 3. The number of pyridine rings is 1. The van der Waals surface area contributed by atoms with Gasteiger partial charge in [0.2, 0.25) is 5.91 Å². The van der Waals surface area contributed by atoms with E-state index < -0.39 is 15.7 Å². The van der Waals surface area contributed by atoms with Crippen molar-refractivity contribution in [1.29, 1.82) is 0 Å². The maximum atomic E-state index is 13.3. The van der Waals surface area contributed by atoms with E-state index in [9.17, 15) is 17.6 Å². The molecule has 0 N–H and O–H groups in total. The lowest BCUT2D eigenvalue weighted by Gasteiger charge is -2.15. The summed E-state index contributed by atoms with van der Waals surface area (Å²) >= 11 is 3.38. The Morgan fingerprint density at radius 1 is 1.42 bits per heavy atom. The summed E-state index contributed by atoms with van der Waals surface area (Å²) in [5.41, 5.74) is 1.23. The van der Waals surface area contributed by atoms with Gasteiger partial charge in [0.25, 0.3) is 0 Å². The lowest BCUT2D eigenvalue weighted by atomic mass is 10.3. The van der Waals surface area contributed by atoms with Crippen LogP contribution >= 0.6 is 33.9 Å². The van der Waals surface area contributed by atoms with Crippen molar-refractivity contribution in [3.8, 4) is 10.6 Å². The van der Waals surface area contributed by atoms with Crippen molar-refractivity contribution < 1.29 is 17.6 Å². The van der Waals surface area contributed by atoms with Crippen molar-refractivity contribution in [2.75, 3.05) is 24.0 Å². The number of thiazole rings is 1. The highest BCUT2D eigenvalue weighted by atomic mass is 127. The largest absolute Gasteiger partial charge is 0.305 e. The van der Waals surface area contributed by atoms with Crippen LogP contribution in [0.15, 0.2) is 18.5 Å². The van der Waals surface area contributed by atoms with E-state index in [0.717, 1.165) is 12.5 Å². The van der Waals surface area contributed by atoms with Crippen molar-refractivity contribution in [3.05, 3.63) is 30.0 Å². The molecule has 10 heteroatoms. The number of carbonyl (C=O) groups is 1. The van der Waals surface area contributed by atoms with Crippen LogP contribution in [0.2, 0.25) is 0 Å². The number of alkyl halides is 1. The fourth-order valence-corrected chi connectivity index (χ4v) is 4.28. The first-order valence-corrected chi connectivity index (χ1v) is 11.2. The van der Waals surface area contributed by atoms with Crippen LogP contribution in [0.5, 0.6) is 0 Å². The van der Waals surface area contributed by atoms with Crippen LogP contribution in [0, 0.1) is 5.82 Å². The number of carbonyl (C=O) groups excluding carboxylic acids is 1. The standard InChI is InChI=1S/C14H15FIN3O3S2/c1-19(12(20)3-4-24(2,21)22)14-11(6-16)18-13(23-14)9-5-10(15)8-17-7-9/h5,7-8H,3-4,6H2,1-2H3. The molecule has 0 bridgehead atoms. The third kappa shape index (κ3) is 4.93. The molecule has 0 spiro atoms. The van der Waals surface area contributed by atoms with Crippen LogP contribution in [-0.2, 0) is 19.1 Å². The summed E-state index contributed by atoms with van der Waals surface area (Å²) in [6.07, 6.45) is 3.62. The predicted octanol–water partition coefficient (Wildman–Crippen LogP) is 2.68. The van der Waals surface area contributed by atoms with Crippen molar-refractivity contribution in [2.24, 2.45) is 0 Å². The van der Waals surface area contributed by atoms with E-state index in [1.54, 1.807) is 7.05 Å². The second kappa shape index (κ2) is 7.83. The molecular weight excluding hydrogens is 468 g/mol. The van der Waals surface area contributed by atoms with Crippen LogP contribution in [0.1, 0.15) is 12.1 Å². The zero-order valence-corrected chi connectivity index (χ0v) is 16.8. The normalized spacial score (nSPS) is 11.5. The molecule has 0 radical (unpaired) electrons. The quantitative estimate of drug-likeness (QED) is 0.467. The van der Waals surface area contributed by atoms with Gasteiger partial charge < -0.3 is 4.90 Å². The first kappa shape index (κ1) is 19.2. The van der Waals surface area contributed by atoms with E-state index in [4.69, 9.17) is 0 Å². The van der Waals surface area contributed by atoms with Crippen LogP contribution in [0.4, 0.5) is 9.39 Å². The number of hydrogen-bond acceptors (Lipinski definition) is 6. The summed E-state index contributed by atoms with van der Waals surface area (Å²) in [6.45, 7) is 0. The first-order valence-electron chi connectivity index (χ1n) is 6.82. The van der Waals surface area contributed by atoms with Crippen LogP contribution < -0.4 is 4.90 Å². The monoisotopic (exact) mass is 483 g/mol. The fraction of sp³-hybridized carbons (Fsp3) is 0.357. The summed E-state index contributed by atoms with van der Waals surface area (Å²) in [5.74, 6) is -0.966. The molecule has 2 aromatic rings. The van der Waals surface area contributed by atoms with Gasteiger partial charge >= 0.3 is 0 Å². The van der Waals surface area contributed by atoms with E-state index in [-0.39, 0.29) is 18.1 Å². The van der Waals surface area contributed by atoms with Gasteiger partial charge in [-0.05, 0) is 6.07 Å². The summed E-state index contributed by atoms with van der Waals surface area (Å²) in [7, 11) is -1.62. The molecule has 2 heterocycles. The van der Waals surface area contributed by atoms with Gasteiger partial charge in [-0.1, -0.05) is 33.9 Å². The minimum Gasteiger partial charge on any atom is -0.305 e. The molecule has 0 aliphatic rings. The molecule has 2 rings (SSSR count). The molecule has 0 fully saturated rings. The molecule has 130 valence electrons. The minimum absolute atomic E-state index is 0.0925. The highest BCUT2D eigenvalue weighted by molar-refractivity contribution is 14.1. The second-order valence-electron chi connectivity index (χ2n) is 5.13. The predicted molar refractivity (Wildman–Crippen MR) is 101 cm³/mol. The molecule has 0 aromatic carbocycles. The van der Waals surface area contributed by atoms with Crippen molar-refractivity contribution in [1.82, 2.24) is 9.97 Å². The Bertz CT molecular complexity index is 855. The fourth-order valence-electron chi connectivity index (χ4n) is 1.90. The Hall–Kier alpha value is -1.14. The molecule has 24 heavy (non-hydrogen) atoms. The summed E-state index contributed by atoms with van der Waals surface area (Å²) < 4.78 is 36.3. The molecule has 6 nitrogen and oxygen atoms in total. The van der Waals surface area contributed by atoms with Crippen molar-refractivity contribution >= 4 is 54.7 Å². The third-order valence-electron chi connectivity index (χ3n) is 3.12. The highest BCUT2D eigenvalue weighted by Crippen LogP contribution is 2.35. The third-order valence-corrected chi connectivity index (χ3v) is 6.01. The Kier molecular flexibility index (Phi) is 6.26. The average Bonchev–Trinajstić information content (AvgIpc) is 2.95. The Balaban J connectivity index is 2.28.